The van der Waals surface area contributed by atoms with Crippen molar-refractivity contribution < 1.29 is 13.9 Å². The van der Waals surface area contributed by atoms with Crippen LogP contribution in [0.5, 0.6) is 0 Å². The lowest BCUT2D eigenvalue weighted by Gasteiger charge is -2.25. The molecular weight excluding hydrogens is 381 g/mol. The number of hydrogen-bond donors (Lipinski definition) is 1. The Morgan fingerprint density at radius 2 is 2.04 bits per heavy atom. The molecule has 1 amide bonds. The Morgan fingerprint density at radius 1 is 1.29 bits per heavy atom. The highest BCUT2D eigenvalue weighted by atomic mass is 32.1. The van der Waals surface area contributed by atoms with Crippen molar-refractivity contribution in [2.24, 2.45) is 0 Å². The second kappa shape index (κ2) is 8.17. The smallest absolute Gasteiger partial charge is 0.260 e. The van der Waals surface area contributed by atoms with Crippen LogP contribution in [-0.4, -0.2) is 51.9 Å². The largest absolute Gasteiger partial charge is 0.379 e. The molecule has 3 heterocycles. The van der Waals surface area contributed by atoms with Crippen LogP contribution in [0.2, 0.25) is 0 Å². The first kappa shape index (κ1) is 18.7. The van der Waals surface area contributed by atoms with Crippen LogP contribution in [0.15, 0.2) is 35.8 Å². The number of hydrogen-bond acceptors (Lipinski definition) is 6. The minimum atomic E-state index is -0.317. The van der Waals surface area contributed by atoms with E-state index in [1.165, 1.54) is 29.7 Å². The summed E-state index contributed by atoms with van der Waals surface area (Å²) in [5, 5.41) is 9.62. The number of carbonyl (C=O) groups is 1. The summed E-state index contributed by atoms with van der Waals surface area (Å²) < 4.78 is 20.1. The summed E-state index contributed by atoms with van der Waals surface area (Å²) in [4.78, 5) is 19.4. The summed E-state index contributed by atoms with van der Waals surface area (Å²) >= 11 is 1.40. The van der Waals surface area contributed by atoms with Gasteiger partial charge in [0.2, 0.25) is 0 Å². The lowest BCUT2D eigenvalue weighted by Crippen LogP contribution is -2.35. The highest BCUT2D eigenvalue weighted by molar-refractivity contribution is 7.14. The third-order valence-electron chi connectivity index (χ3n) is 4.59. The summed E-state index contributed by atoms with van der Waals surface area (Å²) in [7, 11) is 0. The van der Waals surface area contributed by atoms with Gasteiger partial charge in [-0.25, -0.2) is 14.1 Å². The van der Waals surface area contributed by atoms with Crippen LogP contribution < -0.4 is 5.32 Å². The number of thiazole rings is 1. The molecule has 9 heteroatoms. The number of aromatic nitrogens is 3. The molecule has 1 aliphatic heterocycles. The van der Waals surface area contributed by atoms with Gasteiger partial charge in [0.25, 0.3) is 5.91 Å². The standard InChI is InChI=1S/C19H20FN5O2S/c1-13-17(10-21-25(13)16-4-2-14(20)3-5-16)18(26)23-19-22-15(12-28-19)11-24-6-8-27-9-7-24/h2-5,10,12H,6-9,11H2,1H3,(H,22,23,26). The van der Waals surface area contributed by atoms with Crippen molar-refractivity contribution in [1.82, 2.24) is 19.7 Å². The fourth-order valence-corrected chi connectivity index (χ4v) is 3.76. The summed E-state index contributed by atoms with van der Waals surface area (Å²) in [6.07, 6.45) is 1.51. The van der Waals surface area contributed by atoms with E-state index in [-0.39, 0.29) is 11.7 Å². The lowest BCUT2D eigenvalue weighted by molar-refractivity contribution is 0.0337. The number of benzene rings is 1. The summed E-state index contributed by atoms with van der Waals surface area (Å²) in [5.41, 5.74) is 2.75. The van der Waals surface area contributed by atoms with Gasteiger partial charge in [-0.2, -0.15) is 5.10 Å². The lowest BCUT2D eigenvalue weighted by atomic mass is 10.2. The van der Waals surface area contributed by atoms with Crippen LogP contribution in [0.3, 0.4) is 0 Å². The number of nitrogens with one attached hydrogen (secondary N) is 1. The fraction of sp³-hybridized carbons (Fsp3) is 0.316. The predicted molar refractivity (Wildman–Crippen MR) is 104 cm³/mol. The van der Waals surface area contributed by atoms with E-state index in [9.17, 15) is 9.18 Å². The van der Waals surface area contributed by atoms with Gasteiger partial charge >= 0.3 is 0 Å². The molecule has 0 radical (unpaired) electrons. The zero-order chi connectivity index (χ0) is 19.5. The van der Waals surface area contributed by atoms with Crippen molar-refractivity contribution in [2.45, 2.75) is 13.5 Å². The Hall–Kier alpha value is -2.62. The highest BCUT2D eigenvalue weighted by Gasteiger charge is 2.18. The maximum Gasteiger partial charge on any atom is 0.260 e. The number of morpholine rings is 1. The first-order valence-corrected chi connectivity index (χ1v) is 9.84. The second-order valence-corrected chi connectivity index (χ2v) is 7.38. The molecule has 3 aromatic rings. The Bertz CT molecular complexity index is 963. The number of nitrogens with zero attached hydrogens (tertiary/aromatic N) is 4. The molecule has 0 aliphatic carbocycles. The van der Waals surface area contributed by atoms with Gasteiger partial charge in [-0.05, 0) is 31.2 Å². The maximum absolute atomic E-state index is 13.1. The number of rotatable bonds is 5. The van der Waals surface area contributed by atoms with E-state index in [0.717, 1.165) is 38.5 Å². The molecule has 0 spiro atoms. The van der Waals surface area contributed by atoms with Gasteiger partial charge in [0.15, 0.2) is 5.13 Å². The predicted octanol–water partition coefficient (Wildman–Crippen LogP) is 2.86. The van der Waals surface area contributed by atoms with Crippen LogP contribution >= 0.6 is 11.3 Å². The first-order valence-electron chi connectivity index (χ1n) is 8.96. The average Bonchev–Trinajstić information content (AvgIpc) is 3.29. The van der Waals surface area contributed by atoms with Crippen molar-refractivity contribution in [3.63, 3.8) is 0 Å². The van der Waals surface area contributed by atoms with Crippen LogP contribution in [0.4, 0.5) is 9.52 Å². The SMILES string of the molecule is Cc1c(C(=O)Nc2nc(CN3CCOCC3)cs2)cnn1-c1ccc(F)cc1. The Kier molecular flexibility index (Phi) is 5.47. The number of carbonyl (C=O) groups excluding carboxylic acids is 1. The third-order valence-corrected chi connectivity index (χ3v) is 5.39. The van der Waals surface area contributed by atoms with E-state index in [0.29, 0.717) is 22.1 Å². The topological polar surface area (TPSA) is 72.3 Å². The normalized spacial score (nSPS) is 14.9. The minimum Gasteiger partial charge on any atom is -0.379 e. The molecule has 28 heavy (non-hydrogen) atoms. The van der Waals surface area contributed by atoms with Crippen LogP contribution in [0.1, 0.15) is 21.7 Å². The maximum atomic E-state index is 13.1. The molecule has 0 atom stereocenters. The quantitative estimate of drug-likeness (QED) is 0.712. The summed E-state index contributed by atoms with van der Waals surface area (Å²) in [6.45, 7) is 5.81. The molecule has 0 unspecified atom stereocenters. The van der Waals surface area contributed by atoms with Gasteiger partial charge in [-0.1, -0.05) is 0 Å². The third kappa shape index (κ3) is 4.11. The van der Waals surface area contributed by atoms with Gasteiger partial charge in [-0.3, -0.25) is 15.0 Å². The van der Waals surface area contributed by atoms with E-state index in [2.05, 4.69) is 20.3 Å². The average molecular weight is 401 g/mol. The molecule has 1 N–H and O–H groups in total. The van der Waals surface area contributed by atoms with Gasteiger partial charge < -0.3 is 4.74 Å². The van der Waals surface area contributed by atoms with E-state index in [1.807, 2.05) is 5.38 Å². The molecule has 0 bridgehead atoms. The van der Waals surface area contributed by atoms with Crippen molar-refractivity contribution in [3.8, 4) is 5.69 Å². The number of halogens is 1. The molecule has 4 rings (SSSR count). The Labute approximate surface area is 165 Å². The molecule has 1 aromatic carbocycles. The number of anilines is 1. The zero-order valence-electron chi connectivity index (χ0n) is 15.4. The van der Waals surface area contributed by atoms with Crippen molar-refractivity contribution in [3.05, 3.63) is 58.6 Å². The van der Waals surface area contributed by atoms with Gasteiger partial charge in [0.05, 0.1) is 42.0 Å². The molecule has 146 valence electrons. The summed E-state index contributed by atoms with van der Waals surface area (Å²) in [6, 6.07) is 5.97. The van der Waals surface area contributed by atoms with Crippen LogP contribution in [0.25, 0.3) is 5.69 Å². The van der Waals surface area contributed by atoms with Crippen LogP contribution in [0, 0.1) is 12.7 Å². The molecule has 7 nitrogen and oxygen atoms in total. The van der Waals surface area contributed by atoms with Gasteiger partial charge in [0, 0.05) is 25.0 Å². The van der Waals surface area contributed by atoms with E-state index in [1.54, 1.807) is 23.7 Å². The van der Waals surface area contributed by atoms with Crippen molar-refractivity contribution >= 4 is 22.4 Å². The first-order chi connectivity index (χ1) is 13.6. The summed E-state index contributed by atoms with van der Waals surface area (Å²) in [5.74, 6) is -0.582. The highest BCUT2D eigenvalue weighted by Crippen LogP contribution is 2.20. The second-order valence-electron chi connectivity index (χ2n) is 6.52. The minimum absolute atomic E-state index is 0.266. The molecular formula is C19H20FN5O2S. The van der Waals surface area contributed by atoms with Crippen molar-refractivity contribution in [1.29, 1.82) is 0 Å². The fourth-order valence-electron chi connectivity index (χ4n) is 3.06. The monoisotopic (exact) mass is 401 g/mol. The molecule has 1 fully saturated rings. The number of ether oxygens (including phenoxy) is 1. The number of amides is 1. The Balaban J connectivity index is 1.43. The van der Waals surface area contributed by atoms with E-state index < -0.39 is 0 Å². The Morgan fingerprint density at radius 3 is 2.79 bits per heavy atom. The van der Waals surface area contributed by atoms with Gasteiger partial charge in [0.1, 0.15) is 5.82 Å². The molecule has 0 saturated carbocycles. The molecule has 2 aromatic heterocycles. The molecule has 1 aliphatic rings. The zero-order valence-corrected chi connectivity index (χ0v) is 16.2. The van der Waals surface area contributed by atoms with Crippen molar-refractivity contribution in [2.75, 3.05) is 31.6 Å². The van der Waals surface area contributed by atoms with E-state index in [4.69, 9.17) is 4.74 Å². The van der Waals surface area contributed by atoms with E-state index >= 15 is 0 Å². The molecule has 1 saturated heterocycles. The van der Waals surface area contributed by atoms with Crippen LogP contribution in [-0.2, 0) is 11.3 Å². The van der Waals surface area contributed by atoms with Gasteiger partial charge in [-0.15, -0.1) is 11.3 Å².